The van der Waals surface area contributed by atoms with Crippen molar-refractivity contribution in [2.45, 2.75) is 41.1 Å². The molecule has 0 spiro atoms. The maximum absolute atomic E-state index is 7.45. The van der Waals surface area contributed by atoms with Crippen LogP contribution in [0.15, 0.2) is 99.6 Å². The molecule has 3 rings (SSSR count). The second-order valence-corrected chi connectivity index (χ2v) is 10.7. The molecule has 0 saturated heterocycles. The minimum Gasteiger partial charge on any atom is -0.487 e. The van der Waals surface area contributed by atoms with Crippen LogP contribution in [0, 0.1) is 0 Å². The second-order valence-electron chi connectivity index (χ2n) is 6.82. The van der Waals surface area contributed by atoms with Crippen LogP contribution in [0.1, 0.15) is 20.8 Å². The average molecular weight is 371 g/mol. The monoisotopic (exact) mass is 370 g/mol. The largest absolute Gasteiger partial charge is 0.487 e. The molecule has 0 atom stereocenters. The highest BCUT2D eigenvalue weighted by Crippen LogP contribution is 2.74. The van der Waals surface area contributed by atoms with E-state index in [0.29, 0.717) is 0 Å². The highest BCUT2D eigenvalue weighted by Gasteiger charge is 2.32. The third kappa shape index (κ3) is 3.86. The minimum atomic E-state index is -1.93. The Hall–Kier alpha value is -1.90. The number of rotatable bonds is 4. The van der Waals surface area contributed by atoms with E-state index in [-0.39, 0.29) is 5.60 Å². The normalized spacial score (nSPS) is 12.6. The first-order valence-electron chi connectivity index (χ1n) is 8.32. The Balaban J connectivity index is 2.24. The predicted octanol–water partition coefficient (Wildman–Crippen LogP) is 7.30. The van der Waals surface area contributed by atoms with E-state index >= 15 is 0 Å². The van der Waals surface area contributed by atoms with Crippen LogP contribution in [0.5, 0.6) is 5.75 Å². The van der Waals surface area contributed by atoms with Crippen LogP contribution in [0.4, 0.5) is 0 Å². The average Bonchev–Trinajstić information content (AvgIpc) is 2.62. The summed E-state index contributed by atoms with van der Waals surface area (Å²) in [5.41, 5.74) is -0.291. The number of hydrogen-bond donors (Lipinski definition) is 0. The number of para-hydroxylation sites is 1. The van der Waals surface area contributed by atoms with E-state index in [1.54, 1.807) is 0 Å². The van der Waals surface area contributed by atoms with Gasteiger partial charge in [-0.2, -0.15) is 0 Å². The highest BCUT2D eigenvalue weighted by molar-refractivity contribution is 8.51. The summed E-state index contributed by atoms with van der Waals surface area (Å²) in [6.45, 7) is 6.17. The molecule has 0 heterocycles. The zero-order valence-corrected chi connectivity index (χ0v) is 16.3. The standard InChI is InChI=1S/C22H23ClOS/c1-22(2,3)24-20-16-10-11-17-21(20)25(23,18-12-6-4-7-13-18)19-14-8-5-9-15-19/h4-17H,1-3H3. The second kappa shape index (κ2) is 7.15. The van der Waals surface area contributed by atoms with E-state index in [0.717, 1.165) is 20.4 Å². The Morgan fingerprint density at radius 1 is 0.680 bits per heavy atom. The lowest BCUT2D eigenvalue weighted by molar-refractivity contribution is 0.127. The molecule has 3 aromatic carbocycles. The van der Waals surface area contributed by atoms with Crippen molar-refractivity contribution in [1.82, 2.24) is 0 Å². The SMILES string of the molecule is CC(C)(C)Oc1ccccc1S(Cl)(c1ccccc1)c1ccccc1. The van der Waals surface area contributed by atoms with Gasteiger partial charge in [-0.05, 0) is 57.2 Å². The molecule has 0 aliphatic heterocycles. The van der Waals surface area contributed by atoms with Gasteiger partial charge in [-0.1, -0.05) is 68.5 Å². The fourth-order valence-electron chi connectivity index (χ4n) is 2.70. The first-order valence-corrected chi connectivity index (χ1v) is 10.8. The Morgan fingerprint density at radius 3 is 1.60 bits per heavy atom. The Morgan fingerprint density at radius 2 is 1.12 bits per heavy atom. The third-order valence-corrected chi connectivity index (χ3v) is 8.06. The van der Waals surface area contributed by atoms with E-state index in [2.05, 4.69) is 51.1 Å². The molecule has 3 heteroatoms. The predicted molar refractivity (Wildman–Crippen MR) is 108 cm³/mol. The van der Waals surface area contributed by atoms with E-state index in [9.17, 15) is 0 Å². The van der Waals surface area contributed by atoms with Crippen molar-refractivity contribution >= 4 is 19.9 Å². The number of ether oxygens (including phenoxy) is 1. The summed E-state index contributed by atoms with van der Waals surface area (Å²) in [7, 11) is 5.52. The van der Waals surface area contributed by atoms with Gasteiger partial charge in [0.15, 0.2) is 0 Å². The van der Waals surface area contributed by atoms with Crippen molar-refractivity contribution in [2.75, 3.05) is 0 Å². The maximum atomic E-state index is 7.45. The first kappa shape index (κ1) is 17.9. The molecule has 1 nitrogen and oxygen atoms in total. The molecule has 0 amide bonds. The van der Waals surface area contributed by atoms with Gasteiger partial charge in [0.1, 0.15) is 11.4 Å². The van der Waals surface area contributed by atoms with Gasteiger partial charge in [0.2, 0.25) is 0 Å². The maximum Gasteiger partial charge on any atom is 0.133 e. The molecule has 0 fully saturated rings. The lowest BCUT2D eigenvalue weighted by Crippen LogP contribution is -2.23. The zero-order valence-electron chi connectivity index (χ0n) is 14.8. The highest BCUT2D eigenvalue weighted by atomic mass is 35.7. The van der Waals surface area contributed by atoms with Gasteiger partial charge in [-0.3, -0.25) is 0 Å². The molecule has 0 aliphatic carbocycles. The lowest BCUT2D eigenvalue weighted by Gasteiger charge is -2.36. The van der Waals surface area contributed by atoms with E-state index in [4.69, 9.17) is 15.4 Å². The summed E-state index contributed by atoms with van der Waals surface area (Å²) in [6, 6.07) is 28.7. The van der Waals surface area contributed by atoms with Gasteiger partial charge in [0, 0.05) is 9.79 Å². The Kier molecular flexibility index (Phi) is 5.12. The number of halogens is 1. The molecule has 0 aliphatic rings. The fraction of sp³-hybridized carbons (Fsp3) is 0.182. The van der Waals surface area contributed by atoms with Crippen LogP contribution in [-0.2, 0) is 0 Å². The van der Waals surface area contributed by atoms with Gasteiger partial charge in [0.25, 0.3) is 0 Å². The summed E-state index contributed by atoms with van der Waals surface area (Å²) in [6.07, 6.45) is 0. The van der Waals surface area contributed by atoms with Crippen LogP contribution in [0.25, 0.3) is 0 Å². The summed E-state index contributed by atoms with van der Waals surface area (Å²) >= 11 is 0. The van der Waals surface area contributed by atoms with Gasteiger partial charge < -0.3 is 4.74 Å². The first-order chi connectivity index (χ1) is 11.9. The van der Waals surface area contributed by atoms with Gasteiger partial charge in [-0.25, -0.2) is 0 Å². The third-order valence-electron chi connectivity index (χ3n) is 3.70. The van der Waals surface area contributed by atoms with E-state index in [1.807, 2.05) is 54.6 Å². The minimum absolute atomic E-state index is 0.291. The van der Waals surface area contributed by atoms with E-state index < -0.39 is 9.24 Å². The molecule has 0 N–H and O–H groups in total. The quantitative estimate of drug-likeness (QED) is 0.468. The van der Waals surface area contributed by atoms with Crippen molar-refractivity contribution in [3.63, 3.8) is 0 Å². The zero-order chi connectivity index (χ0) is 17.9. The van der Waals surface area contributed by atoms with Crippen LogP contribution in [0.2, 0.25) is 0 Å². The molecule has 0 aromatic heterocycles. The van der Waals surface area contributed by atoms with Crippen LogP contribution in [0.3, 0.4) is 0 Å². The summed E-state index contributed by atoms with van der Waals surface area (Å²) < 4.78 is 6.26. The van der Waals surface area contributed by atoms with Crippen molar-refractivity contribution < 1.29 is 4.74 Å². The molecule has 3 aromatic rings. The molecule has 130 valence electrons. The van der Waals surface area contributed by atoms with Crippen LogP contribution in [-0.4, -0.2) is 5.60 Å². The van der Waals surface area contributed by atoms with Crippen molar-refractivity contribution in [3.05, 3.63) is 84.9 Å². The van der Waals surface area contributed by atoms with Gasteiger partial charge >= 0.3 is 0 Å². The molecular formula is C22H23ClOS. The Bertz CT molecular complexity index is 786. The van der Waals surface area contributed by atoms with E-state index in [1.165, 1.54) is 0 Å². The topological polar surface area (TPSA) is 9.23 Å². The van der Waals surface area contributed by atoms with Crippen molar-refractivity contribution in [2.24, 2.45) is 0 Å². The number of hydrogen-bond acceptors (Lipinski definition) is 1. The van der Waals surface area contributed by atoms with Crippen LogP contribution < -0.4 is 4.74 Å². The number of benzene rings is 3. The summed E-state index contributed by atoms with van der Waals surface area (Å²) in [5.74, 6) is 0.840. The molecule has 0 unspecified atom stereocenters. The Labute approximate surface area is 156 Å². The smallest absolute Gasteiger partial charge is 0.133 e. The molecule has 0 bridgehead atoms. The van der Waals surface area contributed by atoms with Gasteiger partial charge in [0.05, 0.1) is 4.90 Å². The molecular weight excluding hydrogens is 348 g/mol. The summed E-state index contributed by atoms with van der Waals surface area (Å²) in [4.78, 5) is 3.24. The van der Waals surface area contributed by atoms with Crippen molar-refractivity contribution in [1.29, 1.82) is 0 Å². The van der Waals surface area contributed by atoms with Gasteiger partial charge in [-0.15, -0.1) is 0 Å². The molecule has 25 heavy (non-hydrogen) atoms. The lowest BCUT2D eigenvalue weighted by atomic mass is 10.2. The van der Waals surface area contributed by atoms with Crippen LogP contribution >= 0.6 is 19.9 Å². The van der Waals surface area contributed by atoms with Crippen molar-refractivity contribution in [3.8, 4) is 5.75 Å². The molecule has 0 radical (unpaired) electrons. The summed E-state index contributed by atoms with van der Waals surface area (Å²) in [5, 5.41) is 0. The molecule has 0 saturated carbocycles. The fourth-order valence-corrected chi connectivity index (χ4v) is 6.20.